The van der Waals surface area contributed by atoms with Gasteiger partial charge in [0, 0.05) is 6.20 Å². The quantitative estimate of drug-likeness (QED) is 0.382. The molecule has 2 amide bonds. The van der Waals surface area contributed by atoms with Crippen LogP contribution in [0, 0.1) is 0 Å². The van der Waals surface area contributed by atoms with Crippen LogP contribution in [0.1, 0.15) is 26.7 Å². The van der Waals surface area contributed by atoms with Crippen molar-refractivity contribution in [1.82, 2.24) is 4.98 Å². The van der Waals surface area contributed by atoms with E-state index in [0.29, 0.717) is 17.2 Å². The Balaban J connectivity index is 2.11. The smallest absolute Gasteiger partial charge is 0.417 e. The molecular weight excluding hydrogens is 536 g/mol. The number of imide groups is 1. The summed E-state index contributed by atoms with van der Waals surface area (Å²) in [6.07, 6.45) is -4.24. The van der Waals surface area contributed by atoms with Crippen LogP contribution in [0.4, 0.5) is 19.0 Å². The lowest BCUT2D eigenvalue weighted by molar-refractivity contribution is -0.137. The van der Waals surface area contributed by atoms with E-state index >= 15 is 0 Å². The molecule has 0 spiro atoms. The first-order valence-corrected chi connectivity index (χ1v) is 9.16. The van der Waals surface area contributed by atoms with Gasteiger partial charge in [0.25, 0.3) is 0 Å². The molecule has 3 aromatic heterocycles. The topological polar surface area (TPSA) is 76.6 Å². The molecule has 3 aromatic rings. The standard InChI is InChI=1S/C16H6Br2ClF3N2O4/c17-11-3-1-9(27-11)14(25)24(15(26)10-2-4-12(18)28-10)13-8(19)5-7(6-23-13)16(20,21)22/h1-6H. The molecule has 3 heterocycles. The third-order valence-electron chi connectivity index (χ3n) is 3.34. The maximum absolute atomic E-state index is 12.9. The van der Waals surface area contributed by atoms with Gasteiger partial charge in [-0.1, -0.05) is 11.6 Å². The van der Waals surface area contributed by atoms with Crippen molar-refractivity contribution in [1.29, 1.82) is 0 Å². The molecular formula is C16H6Br2ClF3N2O4. The predicted octanol–water partition coefficient (Wildman–Crippen LogP) is 5.95. The molecule has 0 N–H and O–H groups in total. The second-order valence-electron chi connectivity index (χ2n) is 5.18. The van der Waals surface area contributed by atoms with Crippen molar-refractivity contribution in [2.24, 2.45) is 0 Å². The van der Waals surface area contributed by atoms with E-state index in [4.69, 9.17) is 20.4 Å². The number of pyridine rings is 1. The molecule has 12 heteroatoms. The zero-order chi connectivity index (χ0) is 20.6. The van der Waals surface area contributed by atoms with Gasteiger partial charge in [-0.3, -0.25) is 9.59 Å². The molecule has 3 rings (SSSR count). The van der Waals surface area contributed by atoms with E-state index < -0.39 is 34.4 Å². The van der Waals surface area contributed by atoms with E-state index in [2.05, 4.69) is 36.8 Å². The van der Waals surface area contributed by atoms with Gasteiger partial charge in [-0.15, -0.1) is 0 Å². The van der Waals surface area contributed by atoms with E-state index in [9.17, 15) is 22.8 Å². The number of aromatic nitrogens is 1. The maximum atomic E-state index is 12.9. The summed E-state index contributed by atoms with van der Waals surface area (Å²) < 4.78 is 49.3. The lowest BCUT2D eigenvalue weighted by Gasteiger charge is -2.19. The van der Waals surface area contributed by atoms with Crippen LogP contribution in [0.25, 0.3) is 0 Å². The van der Waals surface area contributed by atoms with E-state index in [0.717, 1.165) is 0 Å². The summed E-state index contributed by atoms with van der Waals surface area (Å²) in [5.74, 6) is -3.06. The molecule has 0 aliphatic carbocycles. The minimum atomic E-state index is -4.70. The number of carbonyl (C=O) groups is 2. The van der Waals surface area contributed by atoms with E-state index in [1.165, 1.54) is 24.3 Å². The molecule has 0 saturated carbocycles. The highest BCUT2D eigenvalue weighted by Crippen LogP contribution is 2.34. The fourth-order valence-corrected chi connectivity index (χ4v) is 2.98. The van der Waals surface area contributed by atoms with E-state index in [1.54, 1.807) is 0 Å². The second kappa shape index (κ2) is 7.72. The number of rotatable bonds is 3. The Morgan fingerprint density at radius 3 is 1.86 bits per heavy atom. The molecule has 0 aliphatic rings. The Hall–Kier alpha value is -2.11. The van der Waals surface area contributed by atoms with Crippen molar-refractivity contribution in [2.75, 3.05) is 4.90 Å². The Morgan fingerprint density at radius 2 is 1.50 bits per heavy atom. The van der Waals surface area contributed by atoms with Crippen LogP contribution in [0.2, 0.25) is 5.02 Å². The molecule has 6 nitrogen and oxygen atoms in total. The average Bonchev–Trinajstić information content (AvgIpc) is 3.23. The van der Waals surface area contributed by atoms with Crippen LogP contribution in [0.15, 0.2) is 54.7 Å². The maximum Gasteiger partial charge on any atom is 0.417 e. The van der Waals surface area contributed by atoms with Crippen molar-refractivity contribution in [3.63, 3.8) is 0 Å². The summed E-state index contributed by atoms with van der Waals surface area (Å²) in [6, 6.07) is 5.90. The van der Waals surface area contributed by atoms with Crippen molar-refractivity contribution >= 4 is 61.1 Å². The van der Waals surface area contributed by atoms with Gasteiger partial charge in [-0.05, 0) is 62.2 Å². The molecule has 0 aliphatic heterocycles. The number of nitrogens with zero attached hydrogens (tertiary/aromatic N) is 2. The summed E-state index contributed by atoms with van der Waals surface area (Å²) in [5, 5.41) is -0.562. The monoisotopic (exact) mass is 540 g/mol. The molecule has 28 heavy (non-hydrogen) atoms. The van der Waals surface area contributed by atoms with Gasteiger partial charge in [0.1, 0.15) is 0 Å². The van der Waals surface area contributed by atoms with Crippen molar-refractivity contribution in [2.45, 2.75) is 6.18 Å². The van der Waals surface area contributed by atoms with Crippen molar-refractivity contribution in [3.05, 3.63) is 68.0 Å². The third kappa shape index (κ3) is 4.15. The van der Waals surface area contributed by atoms with Crippen LogP contribution in [-0.2, 0) is 6.18 Å². The highest BCUT2D eigenvalue weighted by molar-refractivity contribution is 9.10. The fourth-order valence-electron chi connectivity index (χ4n) is 2.11. The van der Waals surface area contributed by atoms with Crippen LogP contribution in [-0.4, -0.2) is 16.8 Å². The molecule has 0 saturated heterocycles. The number of hydrogen-bond donors (Lipinski definition) is 0. The molecule has 0 bridgehead atoms. The molecule has 0 unspecified atom stereocenters. The SMILES string of the molecule is O=C(c1ccc(Br)o1)N(C(=O)c1ccc(Br)o1)c1ncc(C(F)(F)F)cc1Cl. The minimum absolute atomic E-state index is 0.204. The lowest BCUT2D eigenvalue weighted by Crippen LogP contribution is -2.37. The third-order valence-corrected chi connectivity index (χ3v) is 4.47. The minimum Gasteiger partial charge on any atom is -0.444 e. The van der Waals surface area contributed by atoms with Crippen molar-refractivity contribution < 1.29 is 31.6 Å². The Kier molecular flexibility index (Phi) is 5.69. The highest BCUT2D eigenvalue weighted by atomic mass is 79.9. The zero-order valence-corrected chi connectivity index (χ0v) is 17.2. The normalized spacial score (nSPS) is 11.5. The number of amides is 2. The number of halogens is 6. The van der Waals surface area contributed by atoms with Gasteiger partial charge in [0.2, 0.25) is 0 Å². The second-order valence-corrected chi connectivity index (χ2v) is 7.15. The van der Waals surface area contributed by atoms with Crippen molar-refractivity contribution in [3.8, 4) is 0 Å². The average molecular weight is 542 g/mol. The largest absolute Gasteiger partial charge is 0.444 e. The summed E-state index contributed by atoms with van der Waals surface area (Å²) in [5.41, 5.74) is -1.14. The molecule has 0 fully saturated rings. The Morgan fingerprint density at radius 1 is 1.00 bits per heavy atom. The van der Waals surface area contributed by atoms with Gasteiger partial charge < -0.3 is 8.83 Å². The first-order valence-electron chi connectivity index (χ1n) is 7.20. The molecule has 146 valence electrons. The van der Waals surface area contributed by atoms with Gasteiger partial charge in [-0.2, -0.15) is 13.2 Å². The van der Waals surface area contributed by atoms with E-state index in [-0.39, 0.29) is 20.9 Å². The number of furan rings is 2. The lowest BCUT2D eigenvalue weighted by atomic mass is 10.2. The van der Waals surface area contributed by atoms with Crippen LogP contribution in [0.5, 0.6) is 0 Å². The van der Waals surface area contributed by atoms with Gasteiger partial charge >= 0.3 is 18.0 Å². The number of carbonyl (C=O) groups excluding carboxylic acids is 2. The Labute approximate surface area is 176 Å². The van der Waals surface area contributed by atoms with E-state index in [1.807, 2.05) is 0 Å². The van der Waals surface area contributed by atoms with Gasteiger partial charge in [0.15, 0.2) is 26.7 Å². The molecule has 0 radical (unpaired) electrons. The first kappa shape index (κ1) is 20.6. The summed E-state index contributed by atoms with van der Waals surface area (Å²) >= 11 is 12.0. The van der Waals surface area contributed by atoms with Gasteiger partial charge in [-0.25, -0.2) is 9.88 Å². The molecule has 0 atom stereocenters. The highest BCUT2D eigenvalue weighted by Gasteiger charge is 2.36. The number of hydrogen-bond acceptors (Lipinski definition) is 5. The summed E-state index contributed by atoms with van der Waals surface area (Å²) in [7, 11) is 0. The fraction of sp³-hybridized carbons (Fsp3) is 0.0625. The van der Waals surface area contributed by atoms with Crippen LogP contribution < -0.4 is 4.90 Å². The predicted molar refractivity (Wildman–Crippen MR) is 98.2 cm³/mol. The first-order chi connectivity index (χ1) is 13.1. The summed E-state index contributed by atoms with van der Waals surface area (Å²) in [4.78, 5) is 29.7. The number of anilines is 1. The van der Waals surface area contributed by atoms with Crippen LogP contribution in [0.3, 0.4) is 0 Å². The molecule has 0 aromatic carbocycles. The summed E-state index contributed by atoms with van der Waals surface area (Å²) in [6.45, 7) is 0. The zero-order valence-electron chi connectivity index (χ0n) is 13.3. The number of alkyl halides is 3. The Bertz CT molecular complexity index is 1010. The van der Waals surface area contributed by atoms with Gasteiger partial charge in [0.05, 0.1) is 10.6 Å². The van der Waals surface area contributed by atoms with Crippen LogP contribution >= 0.6 is 43.5 Å².